The fraction of sp³-hybridized carbons (Fsp3) is 0.235. The molecular weight excluding hydrogens is 344 g/mol. The third kappa shape index (κ3) is 4.03. The molecule has 132 valence electrons. The van der Waals surface area contributed by atoms with Gasteiger partial charge < -0.3 is 5.32 Å². The van der Waals surface area contributed by atoms with Crippen LogP contribution in [0.4, 0.5) is 11.4 Å². The Labute approximate surface area is 145 Å². The lowest BCUT2D eigenvalue weighted by molar-refractivity contribution is -0.384. The molecule has 0 bridgehead atoms. The van der Waals surface area contributed by atoms with Crippen LogP contribution in [0.5, 0.6) is 0 Å². The minimum atomic E-state index is -3.96. The normalized spacial score (nSPS) is 12.4. The zero-order chi connectivity index (χ0) is 18.8. The van der Waals surface area contributed by atoms with Gasteiger partial charge in [0, 0.05) is 17.8 Å². The zero-order valence-electron chi connectivity index (χ0n) is 14.0. The summed E-state index contributed by atoms with van der Waals surface area (Å²) in [7, 11) is -3.96. The first-order valence-corrected chi connectivity index (χ1v) is 9.04. The van der Waals surface area contributed by atoms with Crippen molar-refractivity contribution in [3.05, 3.63) is 63.7 Å². The van der Waals surface area contributed by atoms with Crippen LogP contribution in [0.3, 0.4) is 0 Å². The van der Waals surface area contributed by atoms with E-state index in [4.69, 9.17) is 0 Å². The molecule has 2 aromatic carbocycles. The van der Waals surface area contributed by atoms with Crippen molar-refractivity contribution in [1.29, 1.82) is 0 Å². The molecule has 0 saturated heterocycles. The number of hydrogen-bond donors (Lipinski definition) is 1. The fourth-order valence-electron chi connectivity index (χ4n) is 2.29. The van der Waals surface area contributed by atoms with Crippen molar-refractivity contribution in [2.75, 3.05) is 5.32 Å². The van der Waals surface area contributed by atoms with E-state index in [0.717, 1.165) is 35.4 Å². The summed E-state index contributed by atoms with van der Waals surface area (Å²) in [5, 5.41) is 11.9. The van der Waals surface area contributed by atoms with E-state index in [1.54, 1.807) is 6.07 Å². The van der Waals surface area contributed by atoms with Gasteiger partial charge in [0.15, 0.2) is 9.84 Å². The third-order valence-corrected chi connectivity index (χ3v) is 5.92. The average molecular weight is 362 g/mol. The smallest absolute Gasteiger partial charge is 0.269 e. The first-order chi connectivity index (χ1) is 11.6. The summed E-state index contributed by atoms with van der Waals surface area (Å²) < 4.78 is 25.1. The Hall–Kier alpha value is -2.74. The van der Waals surface area contributed by atoms with Crippen molar-refractivity contribution in [1.82, 2.24) is 0 Å². The molecule has 0 fully saturated rings. The van der Waals surface area contributed by atoms with Crippen LogP contribution >= 0.6 is 0 Å². The number of aryl methyl sites for hydroxylation is 2. The number of amides is 1. The quantitative estimate of drug-likeness (QED) is 0.650. The van der Waals surface area contributed by atoms with E-state index < -0.39 is 25.9 Å². The van der Waals surface area contributed by atoms with Gasteiger partial charge in [-0.2, -0.15) is 0 Å². The largest absolute Gasteiger partial charge is 0.325 e. The van der Waals surface area contributed by atoms with Crippen molar-refractivity contribution in [2.24, 2.45) is 0 Å². The first-order valence-electron chi connectivity index (χ1n) is 7.49. The molecular formula is C17H18N2O5S. The summed E-state index contributed by atoms with van der Waals surface area (Å²) in [6.45, 7) is 5.02. The molecule has 0 aliphatic carbocycles. The van der Waals surface area contributed by atoms with Crippen molar-refractivity contribution in [3.63, 3.8) is 0 Å². The second-order valence-electron chi connectivity index (χ2n) is 5.75. The van der Waals surface area contributed by atoms with E-state index in [0.29, 0.717) is 5.69 Å². The van der Waals surface area contributed by atoms with Gasteiger partial charge in [-0.15, -0.1) is 0 Å². The minimum absolute atomic E-state index is 0.138. The molecule has 0 saturated carbocycles. The number of carbonyl (C=O) groups is 1. The molecule has 0 unspecified atom stereocenters. The number of carbonyl (C=O) groups excluding carboxylic acids is 1. The predicted octanol–water partition coefficient (Wildman–Crippen LogP) is 3.01. The molecule has 0 aromatic heterocycles. The molecule has 0 spiro atoms. The van der Waals surface area contributed by atoms with Crippen molar-refractivity contribution in [3.8, 4) is 0 Å². The molecule has 0 heterocycles. The van der Waals surface area contributed by atoms with Crippen LogP contribution in [-0.2, 0) is 14.6 Å². The van der Waals surface area contributed by atoms with Crippen LogP contribution in [0.15, 0.2) is 47.4 Å². The maximum atomic E-state index is 12.6. The number of nitro benzene ring substituents is 1. The molecule has 8 heteroatoms. The summed E-state index contributed by atoms with van der Waals surface area (Å²) in [4.78, 5) is 22.2. The molecule has 1 N–H and O–H groups in total. The Bertz CT molecular complexity index is 921. The van der Waals surface area contributed by atoms with Crippen molar-refractivity contribution in [2.45, 2.75) is 30.9 Å². The lowest BCUT2D eigenvalue weighted by Gasteiger charge is -2.15. The van der Waals surface area contributed by atoms with Gasteiger partial charge in [-0.1, -0.05) is 17.7 Å². The lowest BCUT2D eigenvalue weighted by atomic mass is 10.1. The van der Waals surface area contributed by atoms with Gasteiger partial charge in [0.2, 0.25) is 5.91 Å². The lowest BCUT2D eigenvalue weighted by Crippen LogP contribution is -2.32. The molecule has 1 atom stereocenters. The average Bonchev–Trinajstić information content (AvgIpc) is 2.56. The maximum absolute atomic E-state index is 12.6. The Kier molecular flexibility index (Phi) is 5.22. The van der Waals surface area contributed by atoms with E-state index in [1.807, 2.05) is 26.0 Å². The highest BCUT2D eigenvalue weighted by Crippen LogP contribution is 2.22. The number of benzene rings is 2. The molecule has 1 amide bonds. The maximum Gasteiger partial charge on any atom is 0.269 e. The van der Waals surface area contributed by atoms with Crippen LogP contribution in [0.25, 0.3) is 0 Å². The van der Waals surface area contributed by atoms with Gasteiger partial charge in [-0.25, -0.2) is 8.42 Å². The Morgan fingerprint density at radius 3 is 2.24 bits per heavy atom. The molecule has 0 aliphatic rings. The van der Waals surface area contributed by atoms with Gasteiger partial charge in [-0.05, 0) is 44.5 Å². The van der Waals surface area contributed by atoms with E-state index in [9.17, 15) is 23.3 Å². The highest BCUT2D eigenvalue weighted by atomic mass is 32.2. The van der Waals surface area contributed by atoms with E-state index in [2.05, 4.69) is 5.32 Å². The summed E-state index contributed by atoms with van der Waals surface area (Å²) in [5.41, 5.74) is 2.18. The van der Waals surface area contributed by atoms with Crippen molar-refractivity contribution < 1.29 is 18.1 Å². The number of hydrogen-bond acceptors (Lipinski definition) is 5. The minimum Gasteiger partial charge on any atom is -0.325 e. The van der Waals surface area contributed by atoms with Crippen LogP contribution in [0.1, 0.15) is 18.1 Å². The van der Waals surface area contributed by atoms with Gasteiger partial charge in [0.1, 0.15) is 5.25 Å². The van der Waals surface area contributed by atoms with Crippen LogP contribution in [0.2, 0.25) is 0 Å². The number of sulfone groups is 1. The highest BCUT2D eigenvalue weighted by Gasteiger charge is 2.30. The fourth-order valence-corrected chi connectivity index (χ4v) is 3.56. The van der Waals surface area contributed by atoms with Gasteiger partial charge >= 0.3 is 0 Å². The second kappa shape index (κ2) is 7.02. The van der Waals surface area contributed by atoms with Gasteiger partial charge in [0.05, 0.1) is 9.82 Å². The number of nitro groups is 1. The Balaban J connectivity index is 2.23. The first kappa shape index (κ1) is 18.6. The summed E-state index contributed by atoms with van der Waals surface area (Å²) in [6.07, 6.45) is 0. The molecule has 0 radical (unpaired) electrons. The molecule has 0 aliphatic heterocycles. The monoisotopic (exact) mass is 362 g/mol. The number of non-ortho nitro benzene ring substituents is 1. The number of anilines is 1. The summed E-state index contributed by atoms with van der Waals surface area (Å²) in [6, 6.07) is 9.88. The summed E-state index contributed by atoms with van der Waals surface area (Å²) >= 11 is 0. The standard InChI is InChI=1S/C17H18N2O5S/c1-11-4-9-16(12(2)10-11)18-17(20)13(3)25(23,24)15-7-5-14(6-8-15)19(21)22/h4-10,13H,1-3H3,(H,18,20)/t13-/m0/s1. The predicted molar refractivity (Wildman–Crippen MR) is 94.3 cm³/mol. The Morgan fingerprint density at radius 2 is 1.72 bits per heavy atom. The number of nitrogens with zero attached hydrogens (tertiary/aromatic N) is 1. The van der Waals surface area contributed by atoms with Gasteiger partial charge in [-0.3, -0.25) is 14.9 Å². The topological polar surface area (TPSA) is 106 Å². The molecule has 2 aromatic rings. The van der Waals surface area contributed by atoms with Crippen LogP contribution < -0.4 is 5.32 Å². The molecule has 2 rings (SSSR count). The summed E-state index contributed by atoms with van der Waals surface area (Å²) in [5.74, 6) is -0.662. The SMILES string of the molecule is Cc1ccc(NC(=O)[C@H](C)S(=O)(=O)c2ccc([N+](=O)[O-])cc2)c(C)c1. The van der Waals surface area contributed by atoms with E-state index >= 15 is 0 Å². The second-order valence-corrected chi connectivity index (χ2v) is 8.01. The number of rotatable bonds is 5. The van der Waals surface area contributed by atoms with Gasteiger partial charge in [0.25, 0.3) is 5.69 Å². The van der Waals surface area contributed by atoms with Crippen LogP contribution in [0, 0.1) is 24.0 Å². The van der Waals surface area contributed by atoms with Crippen LogP contribution in [-0.4, -0.2) is 24.5 Å². The Morgan fingerprint density at radius 1 is 1.12 bits per heavy atom. The van der Waals surface area contributed by atoms with E-state index in [-0.39, 0.29) is 10.6 Å². The zero-order valence-corrected chi connectivity index (χ0v) is 14.8. The molecule has 7 nitrogen and oxygen atoms in total. The van der Waals surface area contributed by atoms with Crippen molar-refractivity contribution >= 4 is 27.1 Å². The third-order valence-electron chi connectivity index (χ3n) is 3.85. The highest BCUT2D eigenvalue weighted by molar-refractivity contribution is 7.92. The molecule has 25 heavy (non-hydrogen) atoms. The van der Waals surface area contributed by atoms with E-state index in [1.165, 1.54) is 6.92 Å². The number of nitrogens with one attached hydrogen (secondary N) is 1.